The highest BCUT2D eigenvalue weighted by molar-refractivity contribution is 5.76. The van der Waals surface area contributed by atoms with E-state index in [4.69, 9.17) is 0 Å². The Morgan fingerprint density at radius 2 is 2.05 bits per heavy atom. The van der Waals surface area contributed by atoms with Gasteiger partial charge in [0.15, 0.2) is 0 Å². The first-order valence-corrected chi connectivity index (χ1v) is 6.92. The molecule has 0 saturated heterocycles. The molecule has 4 nitrogen and oxygen atoms in total. The summed E-state index contributed by atoms with van der Waals surface area (Å²) >= 11 is 0. The van der Waals surface area contributed by atoms with Crippen molar-refractivity contribution in [3.8, 4) is 11.3 Å². The number of carboxylic acids is 1. The van der Waals surface area contributed by atoms with Crippen molar-refractivity contribution >= 4 is 11.6 Å². The number of benzene rings is 1. The number of imidazole rings is 1. The second kappa shape index (κ2) is 5.26. The Hall–Kier alpha value is -2.69. The number of rotatable bonds is 3. The minimum atomic E-state index is -0.926. The van der Waals surface area contributed by atoms with Crippen LogP contribution in [0.2, 0.25) is 0 Å². The SMILES string of the molecule is Cc1cc(-c2nc3cccc(C)n3c2CC(=O)O)ccc1F. The van der Waals surface area contributed by atoms with Crippen molar-refractivity contribution < 1.29 is 14.3 Å². The number of aryl methyl sites for hydroxylation is 2. The van der Waals surface area contributed by atoms with Crippen molar-refractivity contribution in [1.29, 1.82) is 0 Å². The molecule has 3 rings (SSSR count). The summed E-state index contributed by atoms with van der Waals surface area (Å²) in [6.45, 7) is 3.58. The second-order valence-electron chi connectivity index (χ2n) is 5.30. The summed E-state index contributed by atoms with van der Waals surface area (Å²) in [6.07, 6.45) is -0.141. The van der Waals surface area contributed by atoms with Crippen LogP contribution < -0.4 is 0 Å². The predicted octanol–water partition coefficient (Wildman–Crippen LogP) is 3.38. The Morgan fingerprint density at radius 3 is 2.73 bits per heavy atom. The summed E-state index contributed by atoms with van der Waals surface area (Å²) in [5.74, 6) is -1.21. The highest BCUT2D eigenvalue weighted by atomic mass is 19.1. The lowest BCUT2D eigenvalue weighted by molar-refractivity contribution is -0.136. The van der Waals surface area contributed by atoms with Crippen LogP contribution in [-0.4, -0.2) is 20.5 Å². The molecule has 0 radical (unpaired) electrons. The van der Waals surface area contributed by atoms with E-state index in [1.165, 1.54) is 6.07 Å². The molecule has 2 heterocycles. The van der Waals surface area contributed by atoms with E-state index >= 15 is 0 Å². The molecule has 0 aliphatic heterocycles. The average Bonchev–Trinajstić information content (AvgIpc) is 2.81. The van der Waals surface area contributed by atoms with Gasteiger partial charge in [-0.2, -0.15) is 0 Å². The van der Waals surface area contributed by atoms with Gasteiger partial charge in [-0.05, 0) is 49.7 Å². The molecule has 112 valence electrons. The summed E-state index contributed by atoms with van der Waals surface area (Å²) in [6, 6.07) is 10.3. The maximum atomic E-state index is 13.5. The number of pyridine rings is 1. The van der Waals surface area contributed by atoms with E-state index in [0.717, 1.165) is 11.3 Å². The quantitative estimate of drug-likeness (QED) is 0.806. The molecule has 5 heteroatoms. The summed E-state index contributed by atoms with van der Waals surface area (Å²) in [4.78, 5) is 15.8. The minimum absolute atomic E-state index is 0.141. The maximum Gasteiger partial charge on any atom is 0.309 e. The minimum Gasteiger partial charge on any atom is -0.481 e. The maximum absolute atomic E-state index is 13.5. The number of aliphatic carboxylic acids is 1. The van der Waals surface area contributed by atoms with Gasteiger partial charge >= 0.3 is 5.97 Å². The predicted molar refractivity (Wildman–Crippen MR) is 81.4 cm³/mol. The smallest absolute Gasteiger partial charge is 0.309 e. The lowest BCUT2D eigenvalue weighted by atomic mass is 10.1. The van der Waals surface area contributed by atoms with Crippen molar-refractivity contribution in [2.45, 2.75) is 20.3 Å². The van der Waals surface area contributed by atoms with Crippen LogP contribution in [0, 0.1) is 19.7 Å². The van der Waals surface area contributed by atoms with Crippen LogP contribution in [0.5, 0.6) is 0 Å². The number of nitrogens with zero attached hydrogens (tertiary/aromatic N) is 2. The van der Waals surface area contributed by atoms with Gasteiger partial charge in [-0.15, -0.1) is 0 Å². The molecule has 0 aliphatic carbocycles. The van der Waals surface area contributed by atoms with Gasteiger partial charge in [0, 0.05) is 11.3 Å². The summed E-state index contributed by atoms with van der Waals surface area (Å²) in [5, 5.41) is 9.20. The van der Waals surface area contributed by atoms with Gasteiger partial charge in [-0.25, -0.2) is 9.37 Å². The Kier molecular flexibility index (Phi) is 3.41. The van der Waals surface area contributed by atoms with Gasteiger partial charge < -0.3 is 9.51 Å². The molecule has 0 unspecified atom stereocenters. The number of hydrogen-bond acceptors (Lipinski definition) is 2. The van der Waals surface area contributed by atoms with Crippen molar-refractivity contribution in [3.05, 3.63) is 59.2 Å². The molecule has 0 bridgehead atoms. The first-order chi connectivity index (χ1) is 10.5. The van der Waals surface area contributed by atoms with Crippen LogP contribution in [0.4, 0.5) is 4.39 Å². The van der Waals surface area contributed by atoms with E-state index in [-0.39, 0.29) is 12.2 Å². The molecular weight excluding hydrogens is 283 g/mol. The van der Waals surface area contributed by atoms with Crippen LogP contribution in [0.15, 0.2) is 36.4 Å². The zero-order valence-corrected chi connectivity index (χ0v) is 12.3. The number of aromatic nitrogens is 2. The molecule has 3 aromatic rings. The van der Waals surface area contributed by atoms with Crippen molar-refractivity contribution in [2.75, 3.05) is 0 Å². The standard InChI is InChI=1S/C17H15FN2O2/c1-10-8-12(6-7-13(10)18)17-14(9-16(21)22)20-11(2)4-3-5-15(20)19-17/h3-8H,9H2,1-2H3,(H,21,22). The molecule has 1 aromatic carbocycles. The van der Waals surface area contributed by atoms with Crippen LogP contribution in [0.1, 0.15) is 17.0 Å². The zero-order valence-electron chi connectivity index (χ0n) is 12.3. The van der Waals surface area contributed by atoms with Gasteiger partial charge in [0.05, 0.1) is 17.8 Å². The van der Waals surface area contributed by atoms with Crippen molar-refractivity contribution in [2.24, 2.45) is 0 Å². The molecule has 0 saturated carbocycles. The lowest BCUT2D eigenvalue weighted by Gasteiger charge is -2.06. The van der Waals surface area contributed by atoms with Gasteiger partial charge in [0.1, 0.15) is 11.5 Å². The number of carbonyl (C=O) groups is 1. The van der Waals surface area contributed by atoms with Gasteiger partial charge in [-0.1, -0.05) is 6.07 Å². The van der Waals surface area contributed by atoms with Crippen LogP contribution in [-0.2, 0) is 11.2 Å². The normalized spacial score (nSPS) is 11.0. The monoisotopic (exact) mass is 298 g/mol. The highest BCUT2D eigenvalue weighted by Gasteiger charge is 2.18. The summed E-state index contributed by atoms with van der Waals surface area (Å²) in [5.41, 5.74) is 4.01. The third kappa shape index (κ3) is 2.35. The van der Waals surface area contributed by atoms with Gasteiger partial charge in [0.25, 0.3) is 0 Å². The Morgan fingerprint density at radius 1 is 1.27 bits per heavy atom. The molecule has 1 N–H and O–H groups in total. The van der Waals surface area contributed by atoms with Crippen molar-refractivity contribution in [1.82, 2.24) is 9.38 Å². The molecule has 2 aromatic heterocycles. The highest BCUT2D eigenvalue weighted by Crippen LogP contribution is 2.27. The van der Waals surface area contributed by atoms with E-state index in [2.05, 4.69) is 4.98 Å². The first kappa shape index (κ1) is 14.3. The largest absolute Gasteiger partial charge is 0.481 e. The average molecular weight is 298 g/mol. The topological polar surface area (TPSA) is 54.6 Å². The fourth-order valence-corrected chi connectivity index (χ4v) is 2.66. The first-order valence-electron chi connectivity index (χ1n) is 6.92. The van der Waals surface area contributed by atoms with Gasteiger partial charge in [-0.3, -0.25) is 4.79 Å². The molecule has 0 amide bonds. The van der Waals surface area contributed by atoms with Gasteiger partial charge in [0.2, 0.25) is 0 Å². The van der Waals surface area contributed by atoms with Crippen molar-refractivity contribution in [3.63, 3.8) is 0 Å². The van der Waals surface area contributed by atoms with Crippen LogP contribution in [0.25, 0.3) is 16.9 Å². The third-order valence-electron chi connectivity index (χ3n) is 3.68. The fraction of sp³-hybridized carbons (Fsp3) is 0.176. The number of hydrogen-bond donors (Lipinski definition) is 1. The molecule has 22 heavy (non-hydrogen) atoms. The molecule has 0 fully saturated rings. The second-order valence-corrected chi connectivity index (χ2v) is 5.30. The molecular formula is C17H15FN2O2. The summed E-state index contributed by atoms with van der Waals surface area (Å²) in [7, 11) is 0. The van der Waals surface area contributed by atoms with E-state index in [1.54, 1.807) is 19.1 Å². The number of carboxylic acid groups (broad SMARTS) is 1. The van der Waals surface area contributed by atoms with E-state index in [0.29, 0.717) is 22.6 Å². The zero-order chi connectivity index (χ0) is 15.9. The number of fused-ring (bicyclic) bond motifs is 1. The van der Waals surface area contributed by atoms with E-state index in [1.807, 2.05) is 29.5 Å². The summed E-state index contributed by atoms with van der Waals surface area (Å²) < 4.78 is 15.3. The van der Waals surface area contributed by atoms with Crippen LogP contribution >= 0.6 is 0 Å². The Balaban J connectivity index is 2.30. The molecule has 0 spiro atoms. The molecule has 0 aliphatic rings. The Bertz CT molecular complexity index is 884. The van der Waals surface area contributed by atoms with E-state index in [9.17, 15) is 14.3 Å². The lowest BCUT2D eigenvalue weighted by Crippen LogP contribution is -2.06. The van der Waals surface area contributed by atoms with Crippen LogP contribution in [0.3, 0.4) is 0 Å². The number of halogens is 1. The third-order valence-corrected chi connectivity index (χ3v) is 3.68. The van der Waals surface area contributed by atoms with E-state index < -0.39 is 5.97 Å². The Labute approximate surface area is 126 Å². The molecule has 0 atom stereocenters. The fourth-order valence-electron chi connectivity index (χ4n) is 2.66.